The molecule has 2 saturated heterocycles. The van der Waals surface area contributed by atoms with Gasteiger partial charge >= 0.3 is 0 Å². The van der Waals surface area contributed by atoms with E-state index in [0.717, 1.165) is 28.6 Å². The zero-order valence-electron chi connectivity index (χ0n) is 17.1. The first-order valence-corrected chi connectivity index (χ1v) is 13.2. The molecule has 0 saturated carbocycles. The van der Waals surface area contributed by atoms with Crippen LogP contribution in [0.25, 0.3) is 10.2 Å². The van der Waals surface area contributed by atoms with Crippen LogP contribution < -0.4 is 4.90 Å². The fourth-order valence-corrected chi connectivity index (χ4v) is 6.23. The summed E-state index contributed by atoms with van der Waals surface area (Å²) in [5, 5.41) is 1.26. The Hall–Kier alpha value is -1.26. The number of rotatable bonds is 5. The van der Waals surface area contributed by atoms with E-state index < -0.39 is 10.0 Å². The van der Waals surface area contributed by atoms with E-state index in [2.05, 4.69) is 0 Å². The lowest BCUT2D eigenvalue weighted by molar-refractivity contribution is -0.123. The van der Waals surface area contributed by atoms with E-state index in [0.29, 0.717) is 42.7 Å². The lowest BCUT2D eigenvalue weighted by Crippen LogP contribution is -2.48. The number of hydrogen-bond donors (Lipinski definition) is 0. The van der Waals surface area contributed by atoms with Crippen LogP contribution in [0.3, 0.4) is 0 Å². The van der Waals surface area contributed by atoms with Gasteiger partial charge in [-0.05, 0) is 50.3 Å². The van der Waals surface area contributed by atoms with Crippen molar-refractivity contribution in [3.63, 3.8) is 0 Å². The number of aryl methyl sites for hydroxylation is 1. The first-order valence-electron chi connectivity index (χ1n) is 10.2. The molecule has 0 aliphatic carbocycles. The average molecular weight is 472 g/mol. The number of piperidine rings is 1. The molecule has 2 fully saturated rings. The number of carbonyl (C=O) groups excluding carboxylic acids is 1. The van der Waals surface area contributed by atoms with Gasteiger partial charge in [0.15, 0.2) is 5.13 Å². The van der Waals surface area contributed by atoms with Crippen LogP contribution in [0.1, 0.15) is 31.2 Å². The molecule has 30 heavy (non-hydrogen) atoms. The highest BCUT2D eigenvalue weighted by Gasteiger charge is 2.35. The standard InChI is InChI=1S/C20H26ClN3O4S2/c1-13-16(21)7-8-17-18(13)22-20(29-17)24(12-15-6-4-10-28-15)19(25)14-5-3-9-23(11-14)30(2,26)27/h7-8,14-15H,3-6,9-12H2,1-2H3. The van der Waals surface area contributed by atoms with Crippen molar-refractivity contribution < 1.29 is 17.9 Å². The number of anilines is 1. The monoisotopic (exact) mass is 471 g/mol. The van der Waals surface area contributed by atoms with Crippen molar-refractivity contribution in [2.45, 2.75) is 38.7 Å². The molecule has 0 spiro atoms. The number of ether oxygens (including phenoxy) is 1. The molecule has 2 aliphatic heterocycles. The van der Waals surface area contributed by atoms with Crippen molar-refractivity contribution in [3.05, 3.63) is 22.7 Å². The normalized spacial score (nSPS) is 23.2. The average Bonchev–Trinajstić information content (AvgIpc) is 3.38. The van der Waals surface area contributed by atoms with Gasteiger partial charge in [0.05, 0.1) is 35.0 Å². The number of fused-ring (bicyclic) bond motifs is 1. The second-order valence-electron chi connectivity index (χ2n) is 8.06. The molecule has 1 aromatic heterocycles. The number of carbonyl (C=O) groups is 1. The van der Waals surface area contributed by atoms with Gasteiger partial charge in [0.2, 0.25) is 15.9 Å². The van der Waals surface area contributed by atoms with Gasteiger partial charge in [-0.3, -0.25) is 9.69 Å². The summed E-state index contributed by atoms with van der Waals surface area (Å²) in [6, 6.07) is 3.77. The zero-order chi connectivity index (χ0) is 21.5. The third-order valence-electron chi connectivity index (χ3n) is 5.85. The Balaban J connectivity index is 1.66. The van der Waals surface area contributed by atoms with Crippen LogP contribution in [0.2, 0.25) is 5.02 Å². The number of aromatic nitrogens is 1. The number of benzene rings is 1. The van der Waals surface area contributed by atoms with Crippen LogP contribution >= 0.6 is 22.9 Å². The first kappa shape index (κ1) is 22.0. The molecular weight excluding hydrogens is 446 g/mol. The SMILES string of the molecule is Cc1c(Cl)ccc2sc(N(CC3CCCO3)C(=O)C3CCCN(S(C)(=O)=O)C3)nc12. The third-order valence-corrected chi connectivity index (χ3v) is 8.57. The maximum Gasteiger partial charge on any atom is 0.233 e. The van der Waals surface area contributed by atoms with Crippen molar-refractivity contribution in [1.82, 2.24) is 9.29 Å². The minimum Gasteiger partial charge on any atom is -0.376 e. The Labute approximate surface area is 186 Å². The van der Waals surface area contributed by atoms with Gasteiger partial charge in [-0.2, -0.15) is 0 Å². The van der Waals surface area contributed by atoms with E-state index in [-0.39, 0.29) is 24.5 Å². The summed E-state index contributed by atoms with van der Waals surface area (Å²) in [7, 11) is -3.33. The molecule has 1 amide bonds. The van der Waals surface area contributed by atoms with Gasteiger partial charge in [-0.25, -0.2) is 17.7 Å². The van der Waals surface area contributed by atoms with Crippen molar-refractivity contribution in [2.75, 3.05) is 37.4 Å². The van der Waals surface area contributed by atoms with E-state index in [4.69, 9.17) is 21.3 Å². The lowest BCUT2D eigenvalue weighted by Gasteiger charge is -2.33. The first-order chi connectivity index (χ1) is 14.2. The quantitative estimate of drug-likeness (QED) is 0.667. The molecule has 2 unspecified atom stereocenters. The molecule has 0 radical (unpaired) electrons. The molecule has 2 aromatic rings. The summed E-state index contributed by atoms with van der Waals surface area (Å²) in [5.41, 5.74) is 1.69. The van der Waals surface area contributed by atoms with Crippen LogP contribution in [0, 0.1) is 12.8 Å². The number of nitrogens with zero attached hydrogens (tertiary/aromatic N) is 3. The van der Waals surface area contributed by atoms with Crippen LogP contribution in [-0.4, -0.2) is 62.2 Å². The Morgan fingerprint density at radius 2 is 2.17 bits per heavy atom. The summed E-state index contributed by atoms with van der Waals surface area (Å²) in [6.45, 7) is 3.74. The van der Waals surface area contributed by atoms with Crippen LogP contribution in [0.15, 0.2) is 12.1 Å². The van der Waals surface area contributed by atoms with Crippen molar-refractivity contribution in [3.8, 4) is 0 Å². The van der Waals surface area contributed by atoms with Crippen LogP contribution in [0.4, 0.5) is 5.13 Å². The number of thiazole rings is 1. The summed E-state index contributed by atoms with van der Waals surface area (Å²) in [5.74, 6) is -0.465. The second-order valence-corrected chi connectivity index (χ2v) is 11.5. The minimum atomic E-state index is -3.33. The zero-order valence-corrected chi connectivity index (χ0v) is 19.5. The topological polar surface area (TPSA) is 79.8 Å². The molecule has 0 bridgehead atoms. The summed E-state index contributed by atoms with van der Waals surface area (Å²) in [6.07, 6.45) is 4.39. The van der Waals surface area contributed by atoms with Gasteiger partial charge in [-0.1, -0.05) is 22.9 Å². The molecule has 4 rings (SSSR count). The van der Waals surface area contributed by atoms with Crippen molar-refractivity contribution in [1.29, 1.82) is 0 Å². The van der Waals surface area contributed by atoms with E-state index in [9.17, 15) is 13.2 Å². The predicted octanol–water partition coefficient (Wildman–Crippen LogP) is 3.44. The Kier molecular flexibility index (Phi) is 6.37. The highest BCUT2D eigenvalue weighted by atomic mass is 35.5. The lowest BCUT2D eigenvalue weighted by atomic mass is 9.98. The van der Waals surface area contributed by atoms with Gasteiger partial charge in [0.1, 0.15) is 0 Å². The number of sulfonamides is 1. The molecule has 2 atom stereocenters. The molecule has 10 heteroatoms. The van der Waals surface area contributed by atoms with E-state index in [1.54, 1.807) is 4.90 Å². The molecular formula is C20H26ClN3O4S2. The smallest absolute Gasteiger partial charge is 0.233 e. The third kappa shape index (κ3) is 4.50. The van der Waals surface area contributed by atoms with Crippen LogP contribution in [-0.2, 0) is 19.6 Å². The molecule has 164 valence electrons. The number of hydrogen-bond acceptors (Lipinski definition) is 6. The van der Waals surface area contributed by atoms with Crippen molar-refractivity contribution in [2.24, 2.45) is 5.92 Å². The van der Waals surface area contributed by atoms with Crippen molar-refractivity contribution >= 4 is 54.2 Å². The fourth-order valence-electron chi connectivity index (χ4n) is 4.12. The predicted molar refractivity (Wildman–Crippen MR) is 120 cm³/mol. The molecule has 3 heterocycles. The van der Waals surface area contributed by atoms with Gasteiger partial charge in [0, 0.05) is 24.7 Å². The maximum atomic E-state index is 13.6. The molecule has 1 aromatic carbocycles. The highest BCUT2D eigenvalue weighted by molar-refractivity contribution is 7.88. The van der Waals surface area contributed by atoms with Gasteiger partial charge in [0.25, 0.3) is 0 Å². The fraction of sp³-hybridized carbons (Fsp3) is 0.600. The number of amides is 1. The van der Waals surface area contributed by atoms with E-state index in [1.807, 2.05) is 19.1 Å². The Bertz CT molecular complexity index is 1050. The maximum absolute atomic E-state index is 13.6. The number of halogens is 1. The molecule has 7 nitrogen and oxygen atoms in total. The van der Waals surface area contributed by atoms with Gasteiger partial charge in [-0.15, -0.1) is 0 Å². The summed E-state index contributed by atoms with van der Waals surface area (Å²) >= 11 is 7.72. The Morgan fingerprint density at radius 1 is 1.37 bits per heavy atom. The summed E-state index contributed by atoms with van der Waals surface area (Å²) in [4.78, 5) is 20.0. The largest absolute Gasteiger partial charge is 0.376 e. The van der Waals surface area contributed by atoms with Gasteiger partial charge < -0.3 is 4.74 Å². The minimum absolute atomic E-state index is 0.0275. The highest BCUT2D eigenvalue weighted by Crippen LogP contribution is 2.35. The Morgan fingerprint density at radius 3 is 2.87 bits per heavy atom. The molecule has 2 aliphatic rings. The van der Waals surface area contributed by atoms with E-state index in [1.165, 1.54) is 21.9 Å². The molecule has 0 N–H and O–H groups in total. The summed E-state index contributed by atoms with van der Waals surface area (Å²) < 4.78 is 32.2. The van der Waals surface area contributed by atoms with Crippen LogP contribution in [0.5, 0.6) is 0 Å². The second kappa shape index (κ2) is 8.70. The van der Waals surface area contributed by atoms with E-state index >= 15 is 0 Å².